The lowest BCUT2D eigenvalue weighted by molar-refractivity contribution is -0.150. The van der Waals surface area contributed by atoms with Gasteiger partial charge in [-0.05, 0) is 23.6 Å². The van der Waals surface area contributed by atoms with Gasteiger partial charge in [-0.3, -0.25) is 0 Å². The fourth-order valence-corrected chi connectivity index (χ4v) is 1.96. The minimum atomic E-state index is -0.964. The Kier molecular flexibility index (Phi) is 4.31. The van der Waals surface area contributed by atoms with E-state index in [1.54, 1.807) is 19.1 Å². The first-order valence-corrected chi connectivity index (χ1v) is 6.22. The minimum absolute atomic E-state index is 0.372. The number of rotatable bonds is 5. The predicted octanol–water partition coefficient (Wildman–Crippen LogP) is 3.52. The van der Waals surface area contributed by atoms with Crippen LogP contribution in [-0.4, -0.2) is 17.7 Å². The number of benzene rings is 2. The summed E-state index contributed by atoms with van der Waals surface area (Å²) in [5.41, 5.74) is 2.83. The number of carboxylic acids is 1. The normalized spacial score (nSPS) is 12.1. The van der Waals surface area contributed by atoms with Gasteiger partial charge in [0, 0.05) is 6.61 Å². The number of hydrogen-bond acceptors (Lipinski definition) is 2. The van der Waals surface area contributed by atoms with Gasteiger partial charge in [-0.25, -0.2) is 4.79 Å². The molecular weight excluding hydrogens is 240 g/mol. The SMILES string of the molecule is CCOC(C(=O)O)c1ccc(-c2ccccc2)cc1. The molecule has 0 aliphatic rings. The van der Waals surface area contributed by atoms with Gasteiger partial charge in [0.15, 0.2) is 6.10 Å². The quantitative estimate of drug-likeness (QED) is 0.890. The van der Waals surface area contributed by atoms with Crippen molar-refractivity contribution in [3.05, 3.63) is 60.2 Å². The van der Waals surface area contributed by atoms with E-state index in [-0.39, 0.29) is 0 Å². The second kappa shape index (κ2) is 6.16. The standard InChI is InChI=1S/C16H16O3/c1-2-19-15(16(17)18)14-10-8-13(9-11-14)12-6-4-3-5-7-12/h3-11,15H,2H2,1H3,(H,17,18). The molecule has 0 aromatic heterocycles. The van der Waals surface area contributed by atoms with Crippen molar-refractivity contribution in [3.8, 4) is 11.1 Å². The molecule has 2 aromatic carbocycles. The molecule has 0 heterocycles. The molecule has 0 saturated carbocycles. The van der Waals surface area contributed by atoms with Crippen molar-refractivity contribution < 1.29 is 14.6 Å². The fourth-order valence-electron chi connectivity index (χ4n) is 1.96. The monoisotopic (exact) mass is 256 g/mol. The first-order valence-electron chi connectivity index (χ1n) is 6.22. The van der Waals surface area contributed by atoms with Crippen LogP contribution in [0.2, 0.25) is 0 Å². The summed E-state index contributed by atoms with van der Waals surface area (Å²) >= 11 is 0. The van der Waals surface area contributed by atoms with Crippen LogP contribution in [0.3, 0.4) is 0 Å². The lowest BCUT2D eigenvalue weighted by Gasteiger charge is -2.13. The highest BCUT2D eigenvalue weighted by Gasteiger charge is 2.19. The van der Waals surface area contributed by atoms with Gasteiger partial charge < -0.3 is 9.84 Å². The maximum atomic E-state index is 11.1. The zero-order valence-corrected chi connectivity index (χ0v) is 10.7. The van der Waals surface area contributed by atoms with Gasteiger partial charge in [0.2, 0.25) is 0 Å². The lowest BCUT2D eigenvalue weighted by Crippen LogP contribution is -2.15. The molecule has 98 valence electrons. The van der Waals surface area contributed by atoms with Crippen molar-refractivity contribution in [2.75, 3.05) is 6.61 Å². The number of hydrogen-bond donors (Lipinski definition) is 1. The van der Waals surface area contributed by atoms with Gasteiger partial charge in [0.05, 0.1) is 0 Å². The summed E-state index contributed by atoms with van der Waals surface area (Å²) in [4.78, 5) is 11.1. The van der Waals surface area contributed by atoms with Crippen molar-refractivity contribution in [1.29, 1.82) is 0 Å². The average Bonchev–Trinajstić information content (AvgIpc) is 2.46. The molecule has 0 aliphatic carbocycles. The summed E-state index contributed by atoms with van der Waals surface area (Å²) in [5.74, 6) is -0.964. The summed E-state index contributed by atoms with van der Waals surface area (Å²) in [5, 5.41) is 9.12. The number of aliphatic carboxylic acids is 1. The van der Waals surface area contributed by atoms with Crippen LogP contribution >= 0.6 is 0 Å². The van der Waals surface area contributed by atoms with Gasteiger partial charge in [0.25, 0.3) is 0 Å². The third-order valence-electron chi connectivity index (χ3n) is 2.88. The van der Waals surface area contributed by atoms with E-state index in [1.807, 2.05) is 42.5 Å². The smallest absolute Gasteiger partial charge is 0.337 e. The van der Waals surface area contributed by atoms with Crippen LogP contribution in [0.5, 0.6) is 0 Å². The van der Waals surface area contributed by atoms with Crippen LogP contribution in [0, 0.1) is 0 Å². The first kappa shape index (κ1) is 13.3. The Morgan fingerprint density at radius 2 is 1.63 bits per heavy atom. The molecule has 0 amide bonds. The zero-order valence-electron chi connectivity index (χ0n) is 10.7. The topological polar surface area (TPSA) is 46.5 Å². The van der Waals surface area contributed by atoms with E-state index in [4.69, 9.17) is 9.84 Å². The molecule has 2 rings (SSSR count). The van der Waals surface area contributed by atoms with Gasteiger partial charge in [0.1, 0.15) is 0 Å². The van der Waals surface area contributed by atoms with E-state index < -0.39 is 12.1 Å². The van der Waals surface area contributed by atoms with E-state index in [9.17, 15) is 4.79 Å². The molecule has 0 radical (unpaired) electrons. The fraction of sp³-hybridized carbons (Fsp3) is 0.188. The Bertz CT molecular complexity index is 532. The highest BCUT2D eigenvalue weighted by Crippen LogP contribution is 2.23. The number of carboxylic acid groups (broad SMARTS) is 1. The van der Waals surface area contributed by atoms with Crippen molar-refractivity contribution in [2.45, 2.75) is 13.0 Å². The van der Waals surface area contributed by atoms with E-state index in [0.717, 1.165) is 11.1 Å². The van der Waals surface area contributed by atoms with E-state index >= 15 is 0 Å². The Balaban J connectivity index is 2.25. The van der Waals surface area contributed by atoms with Crippen LogP contribution in [0.4, 0.5) is 0 Å². The summed E-state index contributed by atoms with van der Waals surface area (Å²) in [6.07, 6.45) is -0.894. The van der Waals surface area contributed by atoms with Crippen LogP contribution in [0.25, 0.3) is 11.1 Å². The van der Waals surface area contributed by atoms with Gasteiger partial charge in [-0.2, -0.15) is 0 Å². The molecule has 2 aromatic rings. The molecule has 1 atom stereocenters. The Labute approximate surface area is 112 Å². The Morgan fingerprint density at radius 1 is 1.05 bits per heavy atom. The molecule has 1 unspecified atom stereocenters. The molecule has 3 nitrogen and oxygen atoms in total. The molecule has 3 heteroatoms. The highest BCUT2D eigenvalue weighted by atomic mass is 16.5. The molecule has 0 bridgehead atoms. The Hall–Kier alpha value is -2.13. The maximum absolute atomic E-state index is 11.1. The van der Waals surface area contributed by atoms with Crippen molar-refractivity contribution in [3.63, 3.8) is 0 Å². The van der Waals surface area contributed by atoms with Gasteiger partial charge >= 0.3 is 5.97 Å². The molecule has 0 saturated heterocycles. The van der Waals surface area contributed by atoms with Gasteiger partial charge in [-0.15, -0.1) is 0 Å². The highest BCUT2D eigenvalue weighted by molar-refractivity contribution is 5.75. The molecule has 19 heavy (non-hydrogen) atoms. The van der Waals surface area contributed by atoms with Crippen molar-refractivity contribution in [2.24, 2.45) is 0 Å². The van der Waals surface area contributed by atoms with Crippen molar-refractivity contribution in [1.82, 2.24) is 0 Å². The van der Waals surface area contributed by atoms with Crippen LogP contribution in [0.15, 0.2) is 54.6 Å². The van der Waals surface area contributed by atoms with E-state index in [2.05, 4.69) is 0 Å². The summed E-state index contributed by atoms with van der Waals surface area (Å²) < 4.78 is 5.24. The molecular formula is C16H16O3. The third-order valence-corrected chi connectivity index (χ3v) is 2.88. The third kappa shape index (κ3) is 3.20. The molecule has 0 aliphatic heterocycles. The van der Waals surface area contributed by atoms with Crippen molar-refractivity contribution >= 4 is 5.97 Å². The average molecular weight is 256 g/mol. The summed E-state index contributed by atoms with van der Waals surface area (Å²) in [7, 11) is 0. The lowest BCUT2D eigenvalue weighted by atomic mass is 10.0. The maximum Gasteiger partial charge on any atom is 0.337 e. The second-order valence-corrected chi connectivity index (χ2v) is 4.16. The second-order valence-electron chi connectivity index (χ2n) is 4.16. The summed E-state index contributed by atoms with van der Waals surface area (Å²) in [6, 6.07) is 17.4. The summed E-state index contributed by atoms with van der Waals surface area (Å²) in [6.45, 7) is 2.16. The minimum Gasteiger partial charge on any atom is -0.479 e. The zero-order chi connectivity index (χ0) is 13.7. The molecule has 0 spiro atoms. The molecule has 0 fully saturated rings. The van der Waals surface area contributed by atoms with Gasteiger partial charge in [-0.1, -0.05) is 54.6 Å². The molecule has 1 N–H and O–H groups in total. The van der Waals surface area contributed by atoms with Crippen LogP contribution in [0.1, 0.15) is 18.6 Å². The van der Waals surface area contributed by atoms with Crippen LogP contribution < -0.4 is 0 Å². The largest absolute Gasteiger partial charge is 0.479 e. The predicted molar refractivity (Wildman–Crippen MR) is 73.9 cm³/mol. The number of ether oxygens (including phenoxy) is 1. The van der Waals surface area contributed by atoms with Crippen LogP contribution in [-0.2, 0) is 9.53 Å². The Morgan fingerprint density at radius 3 is 2.16 bits per heavy atom. The van der Waals surface area contributed by atoms with E-state index in [0.29, 0.717) is 12.2 Å². The number of carbonyl (C=O) groups is 1. The first-order chi connectivity index (χ1) is 9.22. The van der Waals surface area contributed by atoms with E-state index in [1.165, 1.54) is 0 Å².